The van der Waals surface area contributed by atoms with E-state index in [1.807, 2.05) is 0 Å². The van der Waals surface area contributed by atoms with Gasteiger partial charge in [-0.2, -0.15) is 6.26 Å². The van der Waals surface area contributed by atoms with Crippen LogP contribution in [-0.2, 0) is 19.0 Å². The first kappa shape index (κ1) is 15.5. The number of halogens is 1. The summed E-state index contributed by atoms with van der Waals surface area (Å²) in [4.78, 5) is 11.2. The molecule has 1 aliphatic rings. The summed E-state index contributed by atoms with van der Waals surface area (Å²) in [7, 11) is 0. The van der Waals surface area contributed by atoms with E-state index in [-0.39, 0.29) is 41.1 Å². The van der Waals surface area contributed by atoms with Crippen LogP contribution in [0.1, 0.15) is 22.3 Å². The van der Waals surface area contributed by atoms with E-state index >= 15 is 0 Å². The summed E-state index contributed by atoms with van der Waals surface area (Å²) in [5, 5.41) is 9.31. The molecular weight excluding hydrogens is 287 g/mol. The molecule has 2 rings (SSSR count). The van der Waals surface area contributed by atoms with Crippen molar-refractivity contribution in [1.29, 1.82) is 0 Å². The van der Waals surface area contributed by atoms with Gasteiger partial charge in [0, 0.05) is 12.0 Å². The van der Waals surface area contributed by atoms with E-state index in [0.717, 1.165) is 17.5 Å². The minimum atomic E-state index is 0. The van der Waals surface area contributed by atoms with Gasteiger partial charge in [-0.25, -0.2) is 0 Å². The number of ketones is 1. The first-order valence-electron chi connectivity index (χ1n) is 4.14. The molecule has 0 aliphatic heterocycles. The molecule has 0 aromatic heterocycles. The van der Waals surface area contributed by atoms with Crippen molar-refractivity contribution in [3.05, 3.63) is 27.7 Å². The first-order valence-corrected chi connectivity index (χ1v) is 5.75. The Balaban J connectivity index is 0.000000617. The van der Waals surface area contributed by atoms with Gasteiger partial charge in [-0.05, 0) is 40.0 Å². The molecule has 15 heavy (non-hydrogen) atoms. The van der Waals surface area contributed by atoms with E-state index in [4.69, 9.17) is 0 Å². The molecule has 0 heterocycles. The molecule has 0 spiro atoms. The number of carbonyl (C=O) groups excluding carboxylic acids is 1. The number of phenols is 1. The molecule has 0 fully saturated rings. The van der Waals surface area contributed by atoms with Crippen LogP contribution in [0.2, 0.25) is 0 Å². The summed E-state index contributed by atoms with van der Waals surface area (Å²) in [6.45, 7) is 0. The summed E-state index contributed by atoms with van der Waals surface area (Å²) >= 11 is 7.34. The molecule has 0 saturated carbocycles. The quantitative estimate of drug-likeness (QED) is 0.516. The van der Waals surface area contributed by atoms with Gasteiger partial charge in [0.1, 0.15) is 5.75 Å². The molecule has 1 aliphatic carbocycles. The minimum absolute atomic E-state index is 0. The topological polar surface area (TPSA) is 37.3 Å². The summed E-state index contributed by atoms with van der Waals surface area (Å²) < 4.78 is 0.672. The number of benzene rings is 1. The molecule has 0 amide bonds. The average Bonchev–Trinajstić information content (AvgIpc) is 2.58. The third kappa shape index (κ3) is 3.24. The predicted octanol–water partition coefficient (Wildman–Crippen LogP) is -0.549. The maximum absolute atomic E-state index is 11.2. The number of carbonyl (C=O) groups is 1. The number of phenolic OH excluding ortho intramolecular Hbond substituents is 1. The Kier molecular flexibility index (Phi) is 7.21. The van der Waals surface area contributed by atoms with Gasteiger partial charge < -0.3 is 17.7 Å². The fourth-order valence-corrected chi connectivity index (χ4v) is 2.03. The number of hydrogen-bond donors (Lipinski definition) is 1. The Morgan fingerprint density at radius 3 is 2.53 bits per heavy atom. The smallest absolute Gasteiger partial charge is 0.796 e. The fourth-order valence-electron chi connectivity index (χ4n) is 1.49. The van der Waals surface area contributed by atoms with Gasteiger partial charge in [0.15, 0.2) is 5.78 Å². The Labute approximate surface area is 125 Å². The number of rotatable bonds is 0. The summed E-state index contributed by atoms with van der Waals surface area (Å²) in [6, 6.07) is 3.23. The molecule has 1 N–H and O–H groups in total. The maximum Gasteiger partial charge on any atom is 1.00 e. The zero-order chi connectivity index (χ0) is 10.7. The van der Waals surface area contributed by atoms with Crippen molar-refractivity contribution in [3.8, 4) is 5.75 Å². The van der Waals surface area contributed by atoms with E-state index < -0.39 is 0 Å². The van der Waals surface area contributed by atoms with Crippen LogP contribution in [0, 0.1) is 0 Å². The van der Waals surface area contributed by atoms with Crippen LogP contribution in [0.4, 0.5) is 0 Å². The zero-order valence-electron chi connectivity index (χ0n) is 8.71. The minimum Gasteiger partial charge on any atom is -0.796 e. The van der Waals surface area contributed by atoms with Gasteiger partial charge in [-0.15, -0.1) is 0 Å². The second kappa shape index (κ2) is 6.97. The largest absolute Gasteiger partial charge is 1.00 e. The SMILES string of the molecule is C[S-].O=C1CCc2c1ccc(O)c2Br.[Na+]. The molecule has 0 atom stereocenters. The summed E-state index contributed by atoms with van der Waals surface area (Å²) in [5.74, 6) is 0.383. The van der Waals surface area contributed by atoms with Crippen molar-refractivity contribution in [2.75, 3.05) is 6.26 Å². The number of aromatic hydroxyl groups is 1. The van der Waals surface area contributed by atoms with E-state index in [9.17, 15) is 9.90 Å². The molecule has 0 radical (unpaired) electrons. The average molecular weight is 297 g/mol. The first-order chi connectivity index (χ1) is 6.70. The molecule has 2 nitrogen and oxygen atoms in total. The molecule has 1 aromatic carbocycles. The van der Waals surface area contributed by atoms with E-state index in [0.29, 0.717) is 10.9 Å². The third-order valence-electron chi connectivity index (χ3n) is 2.13. The van der Waals surface area contributed by atoms with Gasteiger partial charge in [-0.3, -0.25) is 4.79 Å². The van der Waals surface area contributed by atoms with Crippen LogP contribution in [0.5, 0.6) is 5.75 Å². The third-order valence-corrected chi connectivity index (χ3v) is 3.01. The number of Topliss-reactive ketones (excluding diaryl/α,β-unsaturated/α-hetero) is 1. The summed E-state index contributed by atoms with van der Waals surface area (Å²) in [5.41, 5.74) is 1.69. The molecular formula is C10H10BrNaO2S. The van der Waals surface area contributed by atoms with Crippen LogP contribution in [0.25, 0.3) is 0 Å². The molecule has 0 bridgehead atoms. The van der Waals surface area contributed by atoms with Gasteiger partial charge in [0.2, 0.25) is 0 Å². The van der Waals surface area contributed by atoms with Crippen molar-refractivity contribution in [1.82, 2.24) is 0 Å². The Bertz CT molecular complexity index is 369. The van der Waals surface area contributed by atoms with E-state index in [2.05, 4.69) is 28.6 Å². The van der Waals surface area contributed by atoms with Crippen molar-refractivity contribution in [2.45, 2.75) is 12.8 Å². The van der Waals surface area contributed by atoms with Crippen LogP contribution < -0.4 is 29.6 Å². The van der Waals surface area contributed by atoms with Crippen molar-refractivity contribution >= 4 is 34.3 Å². The Morgan fingerprint density at radius 1 is 1.33 bits per heavy atom. The monoisotopic (exact) mass is 296 g/mol. The molecule has 1 aromatic rings. The Hall–Kier alpha value is 0.520. The van der Waals surface area contributed by atoms with Crippen molar-refractivity contribution in [2.24, 2.45) is 0 Å². The van der Waals surface area contributed by atoms with Crippen LogP contribution >= 0.6 is 15.9 Å². The van der Waals surface area contributed by atoms with Crippen molar-refractivity contribution in [3.63, 3.8) is 0 Å². The number of hydrogen-bond acceptors (Lipinski definition) is 3. The maximum atomic E-state index is 11.2. The van der Waals surface area contributed by atoms with Crippen molar-refractivity contribution < 1.29 is 39.5 Å². The fraction of sp³-hybridized carbons (Fsp3) is 0.300. The van der Waals surface area contributed by atoms with Gasteiger partial charge in [0.25, 0.3) is 0 Å². The van der Waals surface area contributed by atoms with Crippen LogP contribution in [-0.4, -0.2) is 17.1 Å². The van der Waals surface area contributed by atoms with Crippen LogP contribution in [0.15, 0.2) is 16.6 Å². The van der Waals surface area contributed by atoms with E-state index in [1.54, 1.807) is 18.4 Å². The van der Waals surface area contributed by atoms with Gasteiger partial charge >= 0.3 is 29.6 Å². The Morgan fingerprint density at radius 2 is 1.93 bits per heavy atom. The van der Waals surface area contributed by atoms with Gasteiger partial charge in [0.05, 0.1) is 4.47 Å². The molecule has 5 heteroatoms. The zero-order valence-corrected chi connectivity index (χ0v) is 13.1. The molecule has 76 valence electrons. The van der Waals surface area contributed by atoms with Crippen LogP contribution in [0.3, 0.4) is 0 Å². The molecule has 0 unspecified atom stereocenters. The number of fused-ring (bicyclic) bond motifs is 1. The standard InChI is InChI=1S/C9H7BrO2.CH4S.Na/c10-9-6-2-3-7(11)5(6)1-4-8(9)12;1-2;/h1,4,12H,2-3H2;2H,1H3;/q;;+1/p-1. The second-order valence-electron chi connectivity index (χ2n) is 2.85. The predicted molar refractivity (Wildman–Crippen MR) is 61.7 cm³/mol. The van der Waals surface area contributed by atoms with E-state index in [1.165, 1.54) is 0 Å². The molecule has 0 saturated heterocycles. The normalized spacial score (nSPS) is 12.3. The second-order valence-corrected chi connectivity index (χ2v) is 3.64. The van der Waals surface area contributed by atoms with Gasteiger partial charge in [-0.1, -0.05) is 0 Å². The summed E-state index contributed by atoms with van der Waals surface area (Å²) in [6.07, 6.45) is 2.89.